The Morgan fingerprint density at radius 2 is 1.15 bits per heavy atom. The molecular weight excluding hydrogens is 1070 g/mol. The molecule has 3 aliphatic heterocycles. The van der Waals surface area contributed by atoms with Crippen LogP contribution >= 0.6 is 0 Å². The van der Waals surface area contributed by atoms with Gasteiger partial charge in [-0.25, -0.2) is 41.3 Å². The summed E-state index contributed by atoms with van der Waals surface area (Å²) in [4.78, 5) is 25.2. The van der Waals surface area contributed by atoms with Gasteiger partial charge >= 0.3 is 0 Å². The van der Waals surface area contributed by atoms with E-state index in [0.717, 1.165) is 72.6 Å². The van der Waals surface area contributed by atoms with E-state index in [0.29, 0.717) is 36.4 Å². The molecule has 6 aromatic carbocycles. The maximum atomic E-state index is 15.0. The second kappa shape index (κ2) is 24.4. The van der Waals surface area contributed by atoms with Gasteiger partial charge in [0.15, 0.2) is 0 Å². The second-order valence-electron chi connectivity index (χ2n) is 20.5. The van der Waals surface area contributed by atoms with E-state index >= 15 is 0 Å². The molecule has 4 atom stereocenters. The molecule has 11 rings (SSSR count). The summed E-state index contributed by atoms with van der Waals surface area (Å²) in [5.74, 6) is -2.90. The number of amides is 1. The number of anilines is 3. The van der Waals surface area contributed by atoms with Crippen molar-refractivity contribution in [3.63, 3.8) is 0 Å². The molecule has 3 fully saturated rings. The maximum Gasteiger partial charge on any atom is 0.296 e. The summed E-state index contributed by atoms with van der Waals surface area (Å²) in [7, 11) is -3.94. The van der Waals surface area contributed by atoms with E-state index in [4.69, 9.17) is 18.4 Å². The first-order valence-corrected chi connectivity index (χ1v) is 27.6. The van der Waals surface area contributed by atoms with Crippen LogP contribution in [0.1, 0.15) is 45.5 Å². The Labute approximate surface area is 465 Å². The topological polar surface area (TPSA) is 168 Å². The SMILES string of the molecule is Cc1cc(N2CCN(c3ccc(C(=O)Nc4ccc(F)cc4)cc3)CC2)ccc1OC[C@@H]1CO[C@@](Cn2cncn2)(c2ccc(F)cc2F)C1.Cc1ccc(S(=O)(=O)OCC2CO[C@@](Cn3cncn3)(c3ccc(F)cc3F)C2)cc1. The molecule has 1 unspecified atom stereocenters. The van der Waals surface area contributed by atoms with Gasteiger partial charge in [0.2, 0.25) is 0 Å². The number of ether oxygens (including phenoxy) is 3. The molecule has 3 saturated heterocycles. The van der Waals surface area contributed by atoms with Gasteiger partial charge in [0, 0.05) is 83.9 Å². The monoisotopic (exact) mass is 1130 g/mol. The van der Waals surface area contributed by atoms with Crippen molar-refractivity contribution in [2.24, 2.45) is 11.8 Å². The molecule has 3 aliphatic rings. The number of aryl methyl sites for hydroxylation is 2. The zero-order valence-electron chi connectivity index (χ0n) is 44.3. The lowest BCUT2D eigenvalue weighted by Gasteiger charge is -2.37. The molecule has 22 heteroatoms. The molecule has 8 aromatic rings. The number of nitrogens with zero attached hydrogens (tertiary/aromatic N) is 8. The van der Waals surface area contributed by atoms with Crippen molar-refractivity contribution in [3.8, 4) is 5.75 Å². The first-order valence-electron chi connectivity index (χ1n) is 26.2. The van der Waals surface area contributed by atoms with Crippen LogP contribution in [0.25, 0.3) is 0 Å². The van der Waals surface area contributed by atoms with Crippen molar-refractivity contribution in [3.05, 3.63) is 210 Å². The van der Waals surface area contributed by atoms with Crippen molar-refractivity contribution in [2.45, 2.75) is 55.9 Å². The quantitative estimate of drug-likeness (QED) is 0.0677. The minimum atomic E-state index is -3.94. The molecule has 422 valence electrons. The highest BCUT2D eigenvalue weighted by Crippen LogP contribution is 2.44. The summed E-state index contributed by atoms with van der Waals surface area (Å²) in [6, 6.07) is 32.6. The first-order chi connectivity index (χ1) is 39.0. The number of piperazine rings is 1. The fourth-order valence-corrected chi connectivity index (χ4v) is 11.5. The summed E-state index contributed by atoms with van der Waals surface area (Å²) < 4.78 is 122. The molecule has 16 nitrogen and oxygen atoms in total. The molecule has 0 bridgehead atoms. The van der Waals surface area contributed by atoms with Crippen molar-refractivity contribution >= 4 is 33.1 Å². The van der Waals surface area contributed by atoms with Gasteiger partial charge in [0.25, 0.3) is 16.0 Å². The maximum absolute atomic E-state index is 15.0. The summed E-state index contributed by atoms with van der Waals surface area (Å²) in [5.41, 5.74) is 3.46. The minimum Gasteiger partial charge on any atom is -0.493 e. The van der Waals surface area contributed by atoms with Crippen molar-refractivity contribution in [1.82, 2.24) is 29.5 Å². The number of hydrogen-bond acceptors (Lipinski definition) is 13. The molecule has 0 radical (unpaired) electrons. The first kappa shape index (κ1) is 56.2. The average Bonchev–Trinajstić information content (AvgIpc) is 4.34. The van der Waals surface area contributed by atoms with Crippen LogP contribution in [-0.4, -0.2) is 96.5 Å². The lowest BCUT2D eigenvalue weighted by atomic mass is 9.87. The Morgan fingerprint density at radius 3 is 1.67 bits per heavy atom. The number of carbonyl (C=O) groups excluding carboxylic acids is 1. The van der Waals surface area contributed by atoms with Crippen LogP contribution < -0.4 is 19.9 Å². The number of halogens is 5. The fraction of sp³-hybridized carbons (Fsp3) is 0.305. The summed E-state index contributed by atoms with van der Waals surface area (Å²) >= 11 is 0. The van der Waals surface area contributed by atoms with Crippen molar-refractivity contribution in [2.75, 3.05) is 67.7 Å². The zero-order chi connectivity index (χ0) is 56.7. The van der Waals surface area contributed by atoms with Gasteiger partial charge in [-0.1, -0.05) is 29.8 Å². The van der Waals surface area contributed by atoms with E-state index in [-0.39, 0.29) is 66.7 Å². The van der Waals surface area contributed by atoms with Gasteiger partial charge in [0.05, 0.1) is 44.4 Å². The van der Waals surface area contributed by atoms with Crippen LogP contribution in [0.3, 0.4) is 0 Å². The van der Waals surface area contributed by atoms with Gasteiger partial charge < -0.3 is 29.3 Å². The molecule has 1 amide bonds. The third-order valence-corrected chi connectivity index (χ3v) is 16.0. The largest absolute Gasteiger partial charge is 0.493 e. The molecule has 1 N–H and O–H groups in total. The third kappa shape index (κ3) is 13.4. The predicted octanol–water partition coefficient (Wildman–Crippen LogP) is 9.80. The minimum absolute atomic E-state index is 0.0200. The summed E-state index contributed by atoms with van der Waals surface area (Å²) in [5, 5.41) is 11.0. The number of aromatic nitrogens is 6. The van der Waals surface area contributed by atoms with Gasteiger partial charge in [-0.05, 0) is 123 Å². The second-order valence-corrected chi connectivity index (χ2v) is 22.1. The molecule has 0 spiro atoms. The molecule has 81 heavy (non-hydrogen) atoms. The van der Waals surface area contributed by atoms with E-state index in [9.17, 15) is 35.2 Å². The van der Waals surface area contributed by atoms with Crippen molar-refractivity contribution in [1.29, 1.82) is 0 Å². The summed E-state index contributed by atoms with van der Waals surface area (Å²) in [6.07, 6.45) is 6.52. The standard InChI is InChI=1S/C38H37F3N6O3.C21H21F2N3O4S/c1-26-18-33(46-16-14-45(15-17-46)32-9-2-28(3-10-32)37(48)44-31-7-4-29(39)5-8-31)11-13-36(26)49-21-27-20-38(50-22-27,23-47-25-42-24-43-47)34-12-6-30(40)19-35(34)41;1-15-2-5-18(6-3-15)31(27,28)30-11-16-9-21(29-10-16,12-26-14-24-13-25-26)19-7-4-17(22)8-20(19)23/h2-13,18-19,24-25,27H,14-17,20-23H2,1H3,(H,44,48);2-8,13-14,16H,9-12H2,1H3/t27-,38+;16?,21-/m10/s1. The van der Waals surface area contributed by atoms with Crippen LogP contribution in [0.5, 0.6) is 5.75 Å². The van der Waals surface area contributed by atoms with E-state index in [1.807, 2.05) is 32.0 Å². The fourth-order valence-electron chi connectivity index (χ4n) is 10.5. The van der Waals surface area contributed by atoms with Crippen LogP contribution in [0.15, 0.2) is 158 Å². The molecule has 5 heterocycles. The Kier molecular flexibility index (Phi) is 16.9. The van der Waals surface area contributed by atoms with Gasteiger partial charge in [-0.15, -0.1) is 0 Å². The average molecular weight is 1130 g/mol. The van der Waals surface area contributed by atoms with E-state index in [2.05, 4.69) is 47.4 Å². The zero-order valence-corrected chi connectivity index (χ0v) is 45.1. The molecule has 2 aromatic heterocycles. The van der Waals surface area contributed by atoms with Crippen molar-refractivity contribution < 1.29 is 53.6 Å². The van der Waals surface area contributed by atoms with Crippen LogP contribution in [0.2, 0.25) is 0 Å². The predicted molar refractivity (Wildman–Crippen MR) is 290 cm³/mol. The van der Waals surface area contributed by atoms with Gasteiger partial charge in [0.1, 0.15) is 71.3 Å². The lowest BCUT2D eigenvalue weighted by molar-refractivity contribution is -0.0209. The molecule has 0 aliphatic carbocycles. The number of nitrogens with one attached hydrogen (secondary N) is 1. The molecule has 0 saturated carbocycles. The number of rotatable bonds is 17. The van der Waals surface area contributed by atoms with E-state index < -0.39 is 44.6 Å². The number of hydrogen-bond donors (Lipinski definition) is 1. The normalized spacial score (nSPS) is 20.0. The van der Waals surface area contributed by atoms with Crippen LogP contribution in [0, 0.1) is 54.8 Å². The summed E-state index contributed by atoms with van der Waals surface area (Å²) in [6.45, 7) is 8.34. The van der Waals surface area contributed by atoms with Crippen LogP contribution in [0.4, 0.5) is 39.0 Å². The highest BCUT2D eigenvalue weighted by molar-refractivity contribution is 7.86. The van der Waals surface area contributed by atoms with Gasteiger partial charge in [-0.3, -0.25) is 8.98 Å². The van der Waals surface area contributed by atoms with Crippen LogP contribution in [-0.2, 0) is 48.1 Å². The van der Waals surface area contributed by atoms with E-state index in [1.54, 1.807) is 35.3 Å². The smallest absolute Gasteiger partial charge is 0.296 e. The highest BCUT2D eigenvalue weighted by atomic mass is 32.2. The Balaban J connectivity index is 0.000000203. The Bertz CT molecular complexity index is 3540. The lowest BCUT2D eigenvalue weighted by Crippen LogP contribution is -2.46. The molecular formula is C59H58F5N9O7S. The number of carbonyl (C=O) groups is 1. The van der Waals surface area contributed by atoms with E-state index in [1.165, 1.54) is 78.3 Å². The highest BCUT2D eigenvalue weighted by Gasteiger charge is 2.46. The van der Waals surface area contributed by atoms with Gasteiger partial charge in [-0.2, -0.15) is 18.6 Å². The third-order valence-electron chi connectivity index (χ3n) is 14.7. The Morgan fingerprint density at radius 1 is 0.630 bits per heavy atom. The number of benzene rings is 6. The Hall–Kier alpha value is -8.05.